The van der Waals surface area contributed by atoms with Crippen molar-refractivity contribution in [3.8, 4) is 0 Å². The molecule has 0 spiro atoms. The number of nitrogens with one attached hydrogen (secondary N) is 1. The number of rotatable bonds is 5. The molecule has 6 rings (SSSR count). The smallest absolute Gasteiger partial charge is 0.422 e. The molecule has 1 aliphatic carbocycles. The Morgan fingerprint density at radius 3 is 2.44 bits per heavy atom. The Hall–Kier alpha value is -2.50. The van der Waals surface area contributed by atoms with Crippen LogP contribution in [0.5, 0.6) is 0 Å². The van der Waals surface area contributed by atoms with Crippen molar-refractivity contribution in [3.63, 3.8) is 0 Å². The average molecular weight is 567 g/mol. The number of nitrogens with zero attached hydrogens (tertiary/aromatic N) is 3. The summed E-state index contributed by atoms with van der Waals surface area (Å²) in [6.07, 6.45) is 1.32. The van der Waals surface area contributed by atoms with Gasteiger partial charge in [-0.2, -0.15) is 5.10 Å². The van der Waals surface area contributed by atoms with E-state index >= 15 is 0 Å². The number of piperidine rings is 3. The van der Waals surface area contributed by atoms with E-state index in [-0.39, 0.29) is 58.4 Å². The number of hydrogen-bond donors (Lipinski definition) is 2. The SMILES string of the molecule is O=C(O[C@H]1C[N+]2(C(=O)Nc3cccnn3)CCC1CC2)C(O)(c1ccccc1)C1CCC(F)(F)C1.[Br-]. The summed E-state index contributed by atoms with van der Waals surface area (Å²) in [5.41, 5.74) is -1.93. The van der Waals surface area contributed by atoms with E-state index in [4.69, 9.17) is 4.74 Å². The van der Waals surface area contributed by atoms with Gasteiger partial charge in [0.2, 0.25) is 5.92 Å². The lowest BCUT2D eigenvalue weighted by molar-refractivity contribution is -0.869. The highest BCUT2D eigenvalue weighted by Crippen LogP contribution is 2.48. The van der Waals surface area contributed by atoms with Gasteiger partial charge < -0.3 is 26.8 Å². The number of alkyl halides is 2. The summed E-state index contributed by atoms with van der Waals surface area (Å²) in [5, 5.41) is 22.1. The Balaban J connectivity index is 0.00000304. The largest absolute Gasteiger partial charge is 1.00 e. The number of fused-ring (bicyclic) bond motifs is 3. The quantitative estimate of drug-likeness (QED) is 0.403. The van der Waals surface area contributed by atoms with E-state index < -0.39 is 35.9 Å². The molecule has 2 bridgehead atoms. The fourth-order valence-electron chi connectivity index (χ4n) is 5.89. The fourth-order valence-corrected chi connectivity index (χ4v) is 5.89. The third-order valence-corrected chi connectivity index (χ3v) is 7.93. The lowest BCUT2D eigenvalue weighted by atomic mass is 9.79. The van der Waals surface area contributed by atoms with Crippen LogP contribution in [0.4, 0.5) is 19.4 Å². The molecule has 1 saturated carbocycles. The topological polar surface area (TPSA) is 101 Å². The number of anilines is 1. The predicted octanol–water partition coefficient (Wildman–Crippen LogP) is 0.488. The number of benzene rings is 1. The Labute approximate surface area is 218 Å². The summed E-state index contributed by atoms with van der Waals surface area (Å²) in [4.78, 5) is 26.7. The van der Waals surface area contributed by atoms with Gasteiger partial charge in [0, 0.05) is 43.7 Å². The van der Waals surface area contributed by atoms with E-state index in [9.17, 15) is 23.5 Å². The monoisotopic (exact) mass is 566 g/mol. The number of halogens is 3. The van der Waals surface area contributed by atoms with Crippen LogP contribution in [0.25, 0.3) is 0 Å². The van der Waals surface area contributed by atoms with Gasteiger partial charge in [-0.1, -0.05) is 30.3 Å². The molecule has 2 amide bonds. The second-order valence-electron chi connectivity index (χ2n) is 10.0. The third kappa shape index (κ3) is 4.88. The standard InChI is InChI=1S/C25H28F2N4O4.BrH/c26-24(27)11-8-19(15-24)25(34,18-5-2-1-3-6-18)22(32)35-20-16-31(13-9-17(20)10-14-31)23(33)29-21-7-4-12-28-30-21;/h1-7,12,17,19-20,34H,8-11,13-16H2;1H/t17?,19?,20-,25?,31?;/m0./s1. The molecule has 8 nitrogen and oxygen atoms in total. The minimum Gasteiger partial charge on any atom is -1.00 e. The summed E-state index contributed by atoms with van der Waals surface area (Å²) in [7, 11) is 0. The van der Waals surface area contributed by atoms with Gasteiger partial charge in [0.25, 0.3) is 0 Å². The van der Waals surface area contributed by atoms with E-state index in [1.54, 1.807) is 42.5 Å². The molecule has 11 heteroatoms. The maximum atomic E-state index is 14.1. The van der Waals surface area contributed by atoms with Crippen LogP contribution in [-0.2, 0) is 15.1 Å². The van der Waals surface area contributed by atoms with E-state index in [1.807, 2.05) is 0 Å². The van der Waals surface area contributed by atoms with Crippen molar-refractivity contribution in [2.45, 2.75) is 49.7 Å². The zero-order valence-electron chi connectivity index (χ0n) is 19.7. The molecule has 3 saturated heterocycles. The first-order valence-electron chi connectivity index (χ1n) is 12.0. The number of quaternary nitrogens is 1. The molecule has 0 radical (unpaired) electrons. The highest BCUT2D eigenvalue weighted by Gasteiger charge is 2.57. The van der Waals surface area contributed by atoms with Crippen LogP contribution >= 0.6 is 0 Å². The molecule has 36 heavy (non-hydrogen) atoms. The molecular weight excluding hydrogens is 538 g/mol. The molecular formula is C25H29BrF2N4O4. The van der Waals surface area contributed by atoms with Crippen LogP contribution in [0, 0.1) is 11.8 Å². The van der Waals surface area contributed by atoms with Gasteiger partial charge in [-0.3, -0.25) is 5.32 Å². The predicted molar refractivity (Wildman–Crippen MR) is 121 cm³/mol. The summed E-state index contributed by atoms with van der Waals surface area (Å²) in [5.74, 6) is -4.42. The van der Waals surface area contributed by atoms with E-state index in [0.717, 1.165) is 0 Å². The summed E-state index contributed by atoms with van der Waals surface area (Å²) >= 11 is 0. The Morgan fingerprint density at radius 1 is 1.11 bits per heavy atom. The molecule has 194 valence electrons. The zero-order chi connectivity index (χ0) is 24.7. The van der Waals surface area contributed by atoms with Crippen molar-refractivity contribution in [2.24, 2.45) is 11.8 Å². The van der Waals surface area contributed by atoms with Crippen molar-refractivity contribution >= 4 is 17.8 Å². The van der Waals surface area contributed by atoms with Gasteiger partial charge in [0.05, 0.1) is 13.1 Å². The number of amides is 2. The number of ether oxygens (including phenoxy) is 1. The molecule has 1 aromatic heterocycles. The molecule has 1 aromatic carbocycles. The molecule has 3 atom stereocenters. The normalized spacial score (nSPS) is 30.0. The second-order valence-corrected chi connectivity index (χ2v) is 10.0. The Bertz CT molecular complexity index is 1090. The first-order valence-corrected chi connectivity index (χ1v) is 12.0. The molecule has 2 unspecified atom stereocenters. The van der Waals surface area contributed by atoms with Gasteiger partial charge in [-0.05, 0) is 24.1 Å². The lowest BCUT2D eigenvalue weighted by Gasteiger charge is -2.49. The summed E-state index contributed by atoms with van der Waals surface area (Å²) in [6.45, 7) is 1.46. The zero-order valence-corrected chi connectivity index (χ0v) is 21.2. The maximum Gasteiger partial charge on any atom is 0.422 e. The molecule has 2 aromatic rings. The Kier molecular flexibility index (Phi) is 7.45. The van der Waals surface area contributed by atoms with Gasteiger partial charge in [0.15, 0.2) is 17.5 Å². The van der Waals surface area contributed by atoms with Crippen molar-refractivity contribution in [2.75, 3.05) is 25.0 Å². The summed E-state index contributed by atoms with van der Waals surface area (Å²) < 4.78 is 34.1. The van der Waals surface area contributed by atoms with Crippen LogP contribution in [0.1, 0.15) is 37.7 Å². The van der Waals surface area contributed by atoms with E-state index in [2.05, 4.69) is 15.5 Å². The highest BCUT2D eigenvalue weighted by molar-refractivity contribution is 5.83. The summed E-state index contributed by atoms with van der Waals surface area (Å²) in [6, 6.07) is 11.3. The van der Waals surface area contributed by atoms with Crippen molar-refractivity contribution < 1.29 is 49.7 Å². The molecule has 4 aliphatic rings. The molecule has 4 heterocycles. The van der Waals surface area contributed by atoms with Gasteiger partial charge in [-0.15, -0.1) is 5.10 Å². The van der Waals surface area contributed by atoms with Crippen LogP contribution in [0.15, 0.2) is 48.7 Å². The number of esters is 1. The highest BCUT2D eigenvalue weighted by atomic mass is 79.9. The van der Waals surface area contributed by atoms with Crippen molar-refractivity contribution in [1.29, 1.82) is 0 Å². The molecule has 3 aliphatic heterocycles. The second kappa shape index (κ2) is 10.1. The number of hydrogen-bond acceptors (Lipinski definition) is 6. The first-order chi connectivity index (χ1) is 16.7. The number of carbonyl (C=O) groups excluding carboxylic acids is 2. The van der Waals surface area contributed by atoms with Crippen LogP contribution in [-0.4, -0.2) is 63.4 Å². The van der Waals surface area contributed by atoms with Gasteiger partial charge >= 0.3 is 12.0 Å². The van der Waals surface area contributed by atoms with Crippen molar-refractivity contribution in [3.05, 3.63) is 54.2 Å². The lowest BCUT2D eigenvalue weighted by Crippen LogP contribution is -3.00. The fraction of sp³-hybridized carbons (Fsp3) is 0.520. The number of urea groups is 1. The first kappa shape index (κ1) is 26.6. The number of aromatic nitrogens is 2. The number of aliphatic hydroxyl groups is 1. The van der Waals surface area contributed by atoms with Crippen molar-refractivity contribution in [1.82, 2.24) is 10.2 Å². The molecule has 2 N–H and O–H groups in total. The van der Waals surface area contributed by atoms with E-state index in [0.29, 0.717) is 31.7 Å². The van der Waals surface area contributed by atoms with Crippen LogP contribution in [0.3, 0.4) is 0 Å². The number of carbonyl (C=O) groups is 2. The van der Waals surface area contributed by atoms with Gasteiger partial charge in [-0.25, -0.2) is 22.9 Å². The minimum atomic E-state index is -2.93. The van der Waals surface area contributed by atoms with Crippen LogP contribution < -0.4 is 22.3 Å². The van der Waals surface area contributed by atoms with Gasteiger partial charge in [0.1, 0.15) is 6.54 Å². The third-order valence-electron chi connectivity index (χ3n) is 7.93. The van der Waals surface area contributed by atoms with Crippen LogP contribution in [0.2, 0.25) is 0 Å². The van der Waals surface area contributed by atoms with E-state index in [1.165, 1.54) is 6.20 Å². The average Bonchev–Trinajstić information content (AvgIpc) is 3.25. The molecule has 4 fully saturated rings. The minimum absolute atomic E-state index is 0. The maximum absolute atomic E-state index is 14.1. The Morgan fingerprint density at radius 2 is 1.83 bits per heavy atom.